The van der Waals surface area contributed by atoms with Crippen LogP contribution in [0.25, 0.3) is 0 Å². The van der Waals surface area contributed by atoms with Gasteiger partial charge in [0.15, 0.2) is 0 Å². The molecule has 0 aromatic heterocycles. The van der Waals surface area contributed by atoms with Gasteiger partial charge in [-0.3, -0.25) is 9.59 Å². The van der Waals surface area contributed by atoms with Gasteiger partial charge in [-0.05, 0) is 44.4 Å². The van der Waals surface area contributed by atoms with E-state index in [0.29, 0.717) is 18.2 Å². The molecule has 0 radical (unpaired) electrons. The number of ether oxygens (including phenoxy) is 1. The van der Waals surface area contributed by atoms with E-state index in [-0.39, 0.29) is 17.4 Å². The Morgan fingerprint density at radius 1 is 1.08 bits per heavy atom. The second-order valence-electron chi connectivity index (χ2n) is 8.54. The van der Waals surface area contributed by atoms with Crippen LogP contribution in [0.1, 0.15) is 64.2 Å². The summed E-state index contributed by atoms with van der Waals surface area (Å²) in [5.41, 5.74) is -0.0984. The van der Waals surface area contributed by atoms with Gasteiger partial charge in [-0.1, -0.05) is 19.3 Å². The molecule has 3 fully saturated rings. The molecule has 2 saturated heterocycles. The molecular weight excluding hydrogens is 316 g/mol. The molecule has 5 heteroatoms. The Hall–Kier alpha value is -1.10. The molecule has 1 unspecified atom stereocenters. The van der Waals surface area contributed by atoms with Gasteiger partial charge >= 0.3 is 0 Å². The van der Waals surface area contributed by atoms with Crippen LogP contribution < -0.4 is 0 Å². The molecule has 1 saturated carbocycles. The lowest BCUT2D eigenvalue weighted by Gasteiger charge is -2.47. The molecule has 0 bridgehead atoms. The van der Waals surface area contributed by atoms with Crippen molar-refractivity contribution >= 4 is 11.8 Å². The first-order chi connectivity index (χ1) is 12.0. The van der Waals surface area contributed by atoms with Gasteiger partial charge in [0.25, 0.3) is 0 Å². The Bertz CT molecular complexity index is 477. The van der Waals surface area contributed by atoms with E-state index in [1.54, 1.807) is 4.90 Å². The minimum absolute atomic E-state index is 0.0984. The Balaban J connectivity index is 1.51. The topological polar surface area (TPSA) is 49.9 Å². The fourth-order valence-electron chi connectivity index (χ4n) is 4.82. The van der Waals surface area contributed by atoms with Crippen molar-refractivity contribution in [1.29, 1.82) is 0 Å². The number of hydrogen-bond acceptors (Lipinski definition) is 3. The zero-order valence-electron chi connectivity index (χ0n) is 16.0. The number of hydrogen-bond donors (Lipinski definition) is 0. The smallest absolute Gasteiger partial charge is 0.225 e. The quantitative estimate of drug-likeness (QED) is 0.786. The molecule has 0 N–H and O–H groups in total. The highest BCUT2D eigenvalue weighted by molar-refractivity contribution is 5.79. The highest BCUT2D eigenvalue weighted by Gasteiger charge is 2.42. The van der Waals surface area contributed by atoms with Gasteiger partial charge in [0.05, 0.1) is 5.60 Å². The maximum absolute atomic E-state index is 12.7. The third-order valence-electron chi connectivity index (χ3n) is 6.50. The minimum atomic E-state index is -0.0984. The molecule has 2 heterocycles. The van der Waals surface area contributed by atoms with Crippen molar-refractivity contribution in [2.24, 2.45) is 11.8 Å². The number of amides is 2. The fraction of sp³-hybridized carbons (Fsp3) is 0.900. The third kappa shape index (κ3) is 4.55. The Morgan fingerprint density at radius 2 is 1.76 bits per heavy atom. The van der Waals surface area contributed by atoms with Crippen LogP contribution in [0.3, 0.4) is 0 Å². The number of carbonyl (C=O) groups excluding carboxylic acids is 2. The Labute approximate surface area is 152 Å². The number of carbonyl (C=O) groups is 2. The predicted octanol–water partition coefficient (Wildman–Crippen LogP) is 2.83. The Kier molecular flexibility index (Phi) is 6.03. The zero-order chi connectivity index (χ0) is 17.9. The highest BCUT2D eigenvalue weighted by Crippen LogP contribution is 2.39. The van der Waals surface area contributed by atoms with Gasteiger partial charge < -0.3 is 14.5 Å². The second kappa shape index (κ2) is 8.07. The normalized spacial score (nSPS) is 27.3. The largest absolute Gasteiger partial charge is 0.375 e. The molecule has 3 aliphatic rings. The monoisotopic (exact) mass is 350 g/mol. The first-order valence-corrected chi connectivity index (χ1v) is 10.1. The molecule has 1 aliphatic carbocycles. The lowest BCUT2D eigenvalue weighted by Crippen LogP contribution is -2.52. The van der Waals surface area contributed by atoms with Crippen LogP contribution in [-0.2, 0) is 14.3 Å². The standard InChI is InChI=1S/C20H34N2O3/c1-21(2)18(23)14-16-8-13-25-20(15-16)9-11-22(12-10-20)19(24)17-6-4-3-5-7-17/h16-17H,3-15H2,1-2H3. The van der Waals surface area contributed by atoms with E-state index in [2.05, 4.69) is 4.90 Å². The van der Waals surface area contributed by atoms with Crippen molar-refractivity contribution in [3.05, 3.63) is 0 Å². The van der Waals surface area contributed by atoms with Crippen LogP contribution in [-0.4, -0.2) is 61.0 Å². The van der Waals surface area contributed by atoms with Crippen molar-refractivity contribution in [3.63, 3.8) is 0 Å². The summed E-state index contributed by atoms with van der Waals surface area (Å²) in [4.78, 5) is 28.5. The van der Waals surface area contributed by atoms with Crippen LogP contribution in [0.2, 0.25) is 0 Å². The zero-order valence-corrected chi connectivity index (χ0v) is 16.0. The van der Waals surface area contributed by atoms with Crippen molar-refractivity contribution in [2.75, 3.05) is 33.8 Å². The van der Waals surface area contributed by atoms with Crippen molar-refractivity contribution < 1.29 is 14.3 Å². The molecule has 142 valence electrons. The summed E-state index contributed by atoms with van der Waals surface area (Å²) in [7, 11) is 3.65. The average molecular weight is 351 g/mol. The van der Waals surface area contributed by atoms with Crippen LogP contribution in [0, 0.1) is 11.8 Å². The summed E-state index contributed by atoms with van der Waals surface area (Å²) in [6.07, 6.45) is 10.3. The average Bonchev–Trinajstić information content (AvgIpc) is 2.62. The molecule has 5 nitrogen and oxygen atoms in total. The molecule has 3 rings (SSSR count). The first-order valence-electron chi connectivity index (χ1n) is 10.1. The molecular formula is C20H34N2O3. The van der Waals surface area contributed by atoms with Crippen LogP contribution in [0.15, 0.2) is 0 Å². The Morgan fingerprint density at radius 3 is 2.40 bits per heavy atom. The lowest BCUT2D eigenvalue weighted by molar-refractivity contribution is -0.152. The van der Waals surface area contributed by atoms with E-state index in [1.165, 1.54) is 19.3 Å². The van der Waals surface area contributed by atoms with Crippen LogP contribution >= 0.6 is 0 Å². The molecule has 2 aliphatic heterocycles. The summed E-state index contributed by atoms with van der Waals surface area (Å²) < 4.78 is 6.19. The number of likely N-dealkylation sites (tertiary alicyclic amines) is 1. The lowest BCUT2D eigenvalue weighted by atomic mass is 9.77. The molecule has 0 aromatic rings. The number of nitrogens with zero attached hydrogens (tertiary/aromatic N) is 2. The molecule has 1 spiro atoms. The van der Waals surface area contributed by atoms with Crippen molar-refractivity contribution in [2.45, 2.75) is 69.8 Å². The molecule has 0 aromatic carbocycles. The second-order valence-corrected chi connectivity index (χ2v) is 8.54. The van der Waals surface area contributed by atoms with Gasteiger partial charge in [-0.25, -0.2) is 0 Å². The molecule has 1 atom stereocenters. The van der Waals surface area contributed by atoms with Gasteiger partial charge in [0.1, 0.15) is 0 Å². The predicted molar refractivity (Wildman–Crippen MR) is 97.1 cm³/mol. The third-order valence-corrected chi connectivity index (χ3v) is 6.50. The minimum Gasteiger partial charge on any atom is -0.375 e. The van der Waals surface area contributed by atoms with Crippen LogP contribution in [0.5, 0.6) is 0 Å². The van der Waals surface area contributed by atoms with Crippen LogP contribution in [0.4, 0.5) is 0 Å². The fourth-order valence-corrected chi connectivity index (χ4v) is 4.82. The molecule has 2 amide bonds. The van der Waals surface area contributed by atoms with E-state index >= 15 is 0 Å². The van der Waals surface area contributed by atoms with Gasteiger partial charge in [-0.15, -0.1) is 0 Å². The van der Waals surface area contributed by atoms with E-state index in [1.807, 2.05) is 14.1 Å². The van der Waals surface area contributed by atoms with Gasteiger partial charge in [0.2, 0.25) is 11.8 Å². The summed E-state index contributed by atoms with van der Waals surface area (Å²) in [5, 5.41) is 0. The molecule has 25 heavy (non-hydrogen) atoms. The van der Waals surface area contributed by atoms with E-state index in [9.17, 15) is 9.59 Å². The summed E-state index contributed by atoms with van der Waals surface area (Å²) in [5.74, 6) is 1.28. The first kappa shape index (κ1) is 18.7. The number of rotatable bonds is 3. The van der Waals surface area contributed by atoms with E-state index < -0.39 is 0 Å². The summed E-state index contributed by atoms with van der Waals surface area (Å²) in [6.45, 7) is 2.40. The van der Waals surface area contributed by atoms with Crippen molar-refractivity contribution in [3.8, 4) is 0 Å². The highest BCUT2D eigenvalue weighted by atomic mass is 16.5. The summed E-state index contributed by atoms with van der Waals surface area (Å²) >= 11 is 0. The van der Waals surface area contributed by atoms with Gasteiger partial charge in [-0.2, -0.15) is 0 Å². The maximum atomic E-state index is 12.7. The van der Waals surface area contributed by atoms with Gasteiger partial charge in [0, 0.05) is 46.1 Å². The van der Waals surface area contributed by atoms with E-state index in [0.717, 1.165) is 58.2 Å². The maximum Gasteiger partial charge on any atom is 0.225 e. The number of piperidine rings is 1. The van der Waals surface area contributed by atoms with E-state index in [4.69, 9.17) is 4.74 Å². The summed E-state index contributed by atoms with van der Waals surface area (Å²) in [6, 6.07) is 0. The van der Waals surface area contributed by atoms with Crippen molar-refractivity contribution in [1.82, 2.24) is 9.80 Å². The SMILES string of the molecule is CN(C)C(=O)CC1CCOC2(CCN(C(=O)C3CCCCC3)CC2)C1.